The predicted octanol–water partition coefficient (Wildman–Crippen LogP) is 5.52. The second-order valence-electron chi connectivity index (χ2n) is 9.78. The summed E-state index contributed by atoms with van der Waals surface area (Å²) in [5, 5.41) is 2.94. The molecule has 0 aliphatic carbocycles. The molecule has 1 N–H and O–H groups in total. The van der Waals surface area contributed by atoms with Crippen molar-refractivity contribution in [2.45, 2.75) is 38.7 Å². The van der Waals surface area contributed by atoms with Crippen LogP contribution in [-0.4, -0.2) is 52.1 Å². The van der Waals surface area contributed by atoms with Crippen LogP contribution in [0.15, 0.2) is 83.6 Å². The number of furan rings is 1. The summed E-state index contributed by atoms with van der Waals surface area (Å²) in [4.78, 5) is 32.7. The first-order valence-corrected chi connectivity index (χ1v) is 13.0. The van der Waals surface area contributed by atoms with Crippen LogP contribution in [0.2, 0.25) is 0 Å². The van der Waals surface area contributed by atoms with Gasteiger partial charge in [-0.25, -0.2) is 4.98 Å². The highest BCUT2D eigenvalue weighted by Crippen LogP contribution is 2.26. The molecule has 1 atom stereocenters. The van der Waals surface area contributed by atoms with Crippen LogP contribution in [0.4, 0.5) is 5.95 Å². The fraction of sp³-hybridized carbons (Fsp3) is 0.300. The van der Waals surface area contributed by atoms with Crippen molar-refractivity contribution in [1.29, 1.82) is 0 Å². The smallest absolute Gasteiger partial charge is 0.290 e. The van der Waals surface area contributed by atoms with Gasteiger partial charge < -0.3 is 14.1 Å². The highest BCUT2D eigenvalue weighted by molar-refractivity contribution is 5.97. The lowest BCUT2D eigenvalue weighted by Crippen LogP contribution is -2.42. The molecule has 0 spiro atoms. The summed E-state index contributed by atoms with van der Waals surface area (Å²) < 4.78 is 12.9. The molecule has 1 saturated heterocycles. The largest absolute Gasteiger partial charge is 0.459 e. The highest BCUT2D eigenvalue weighted by Gasteiger charge is 2.27. The Hall–Kier alpha value is -4.17. The summed E-state index contributed by atoms with van der Waals surface area (Å²) in [6.45, 7) is 5.12. The molecule has 5 rings (SSSR count). The number of aromatic nitrogens is 2. The van der Waals surface area contributed by atoms with Gasteiger partial charge >= 0.3 is 0 Å². The van der Waals surface area contributed by atoms with E-state index in [9.17, 15) is 9.59 Å². The molecule has 2 amide bonds. The van der Waals surface area contributed by atoms with Crippen molar-refractivity contribution in [3.63, 3.8) is 0 Å². The van der Waals surface area contributed by atoms with Gasteiger partial charge in [0.15, 0.2) is 5.76 Å². The van der Waals surface area contributed by atoms with Crippen LogP contribution in [0.25, 0.3) is 16.9 Å². The molecule has 0 bridgehead atoms. The molecule has 0 radical (unpaired) electrons. The van der Waals surface area contributed by atoms with Crippen molar-refractivity contribution in [2.24, 2.45) is 0 Å². The van der Waals surface area contributed by atoms with Gasteiger partial charge in [0, 0.05) is 30.6 Å². The number of carbonyl (C=O) groups excluding carboxylic acids is 2. The van der Waals surface area contributed by atoms with Crippen LogP contribution in [0.1, 0.15) is 48.7 Å². The van der Waals surface area contributed by atoms with Crippen molar-refractivity contribution in [1.82, 2.24) is 14.5 Å². The van der Waals surface area contributed by atoms with E-state index in [2.05, 4.69) is 31.3 Å². The summed E-state index contributed by atoms with van der Waals surface area (Å²) in [5.41, 5.74) is 3.77. The molecule has 0 saturated carbocycles. The van der Waals surface area contributed by atoms with E-state index >= 15 is 0 Å². The maximum atomic E-state index is 13.3. The molecule has 3 heterocycles. The van der Waals surface area contributed by atoms with Gasteiger partial charge in [-0.3, -0.25) is 19.5 Å². The van der Waals surface area contributed by atoms with Crippen molar-refractivity contribution in [2.75, 3.05) is 25.0 Å². The third kappa shape index (κ3) is 5.86. The summed E-state index contributed by atoms with van der Waals surface area (Å²) >= 11 is 0. The lowest BCUT2D eigenvalue weighted by atomic mass is 10.0. The number of benzene rings is 2. The number of carbonyl (C=O) groups is 2. The number of rotatable bonds is 9. The average molecular weight is 513 g/mol. The molecule has 2 aromatic carbocycles. The maximum Gasteiger partial charge on any atom is 0.290 e. The Morgan fingerprint density at radius 1 is 1.08 bits per heavy atom. The molecule has 8 nitrogen and oxygen atoms in total. The third-order valence-electron chi connectivity index (χ3n) is 6.67. The third-order valence-corrected chi connectivity index (χ3v) is 6.67. The van der Waals surface area contributed by atoms with Crippen molar-refractivity contribution in [3.8, 4) is 16.9 Å². The average Bonchev–Trinajstić information content (AvgIpc) is 3.71. The summed E-state index contributed by atoms with van der Waals surface area (Å²) in [5.74, 6) is 0.279. The molecule has 4 aromatic rings. The Bertz CT molecular complexity index is 1360. The van der Waals surface area contributed by atoms with Crippen LogP contribution in [0, 0.1) is 0 Å². The van der Waals surface area contributed by atoms with E-state index in [0.29, 0.717) is 25.0 Å². The quantitative estimate of drug-likeness (QED) is 0.319. The second kappa shape index (κ2) is 11.5. The van der Waals surface area contributed by atoms with Crippen LogP contribution in [0.3, 0.4) is 0 Å². The Morgan fingerprint density at radius 3 is 2.53 bits per heavy atom. The Kier molecular flexibility index (Phi) is 7.70. The second-order valence-corrected chi connectivity index (χ2v) is 9.78. The van der Waals surface area contributed by atoms with Crippen molar-refractivity contribution in [3.05, 3.63) is 90.5 Å². The maximum absolute atomic E-state index is 13.3. The summed E-state index contributed by atoms with van der Waals surface area (Å²) in [6, 6.07) is 21.3. The van der Waals surface area contributed by atoms with E-state index in [4.69, 9.17) is 14.1 Å². The Labute approximate surface area is 222 Å². The first-order chi connectivity index (χ1) is 18.5. The van der Waals surface area contributed by atoms with Gasteiger partial charge in [0.1, 0.15) is 6.54 Å². The Morgan fingerprint density at radius 2 is 1.87 bits per heavy atom. The SMILES string of the molecule is CC(C)c1ccc(-n2cc(-c3ccccc3)nc2NC(=O)CN(CC2CCCO2)C(=O)c2ccco2)cc1. The first kappa shape index (κ1) is 25.5. The standard InChI is InChI=1S/C30H32N4O4/c1-21(2)22-12-14-24(15-13-22)34-19-26(23-8-4-3-5-9-23)31-30(34)32-28(35)20-33(18-25-10-6-16-37-25)29(36)27-11-7-17-38-27/h3-5,7-9,11-15,17,19,21,25H,6,10,16,18,20H2,1-2H3,(H,31,32,35). The van der Waals surface area contributed by atoms with Gasteiger partial charge in [-0.15, -0.1) is 0 Å². The van der Waals surface area contributed by atoms with Crippen LogP contribution < -0.4 is 5.32 Å². The lowest BCUT2D eigenvalue weighted by molar-refractivity contribution is -0.117. The summed E-state index contributed by atoms with van der Waals surface area (Å²) in [7, 11) is 0. The van der Waals surface area contributed by atoms with E-state index < -0.39 is 0 Å². The number of anilines is 1. The molecule has 1 aliphatic rings. The topological polar surface area (TPSA) is 89.6 Å². The number of amides is 2. The van der Waals surface area contributed by atoms with Gasteiger partial charge in [0.25, 0.3) is 5.91 Å². The minimum atomic E-state index is -0.354. The highest BCUT2D eigenvalue weighted by atomic mass is 16.5. The molecule has 8 heteroatoms. The van der Waals surface area contributed by atoms with E-state index in [1.807, 2.05) is 53.2 Å². The van der Waals surface area contributed by atoms with Gasteiger partial charge in [0.05, 0.1) is 18.1 Å². The number of ether oxygens (including phenoxy) is 1. The van der Waals surface area contributed by atoms with Crippen LogP contribution >= 0.6 is 0 Å². The summed E-state index contributed by atoms with van der Waals surface area (Å²) in [6.07, 6.45) is 5.04. The van der Waals surface area contributed by atoms with Gasteiger partial charge in [0.2, 0.25) is 11.9 Å². The zero-order chi connectivity index (χ0) is 26.5. The van der Waals surface area contributed by atoms with E-state index in [1.54, 1.807) is 12.1 Å². The van der Waals surface area contributed by atoms with E-state index in [-0.39, 0.29) is 30.2 Å². The van der Waals surface area contributed by atoms with Gasteiger partial charge in [-0.05, 0) is 48.6 Å². The molecule has 196 valence electrons. The fourth-order valence-corrected chi connectivity index (χ4v) is 4.58. The van der Waals surface area contributed by atoms with Crippen LogP contribution in [0.5, 0.6) is 0 Å². The zero-order valence-electron chi connectivity index (χ0n) is 21.7. The molecule has 2 aromatic heterocycles. The molecule has 38 heavy (non-hydrogen) atoms. The molecule has 1 unspecified atom stereocenters. The monoisotopic (exact) mass is 512 g/mol. The Balaban J connectivity index is 1.41. The number of hydrogen-bond acceptors (Lipinski definition) is 5. The van der Waals surface area contributed by atoms with Crippen molar-refractivity contribution >= 4 is 17.8 Å². The van der Waals surface area contributed by atoms with Crippen molar-refractivity contribution < 1.29 is 18.7 Å². The minimum absolute atomic E-state index is 0.104. The number of imidazole rings is 1. The molecular formula is C30H32N4O4. The lowest BCUT2D eigenvalue weighted by Gasteiger charge is -2.24. The predicted molar refractivity (Wildman–Crippen MR) is 145 cm³/mol. The molecule has 1 aliphatic heterocycles. The van der Waals surface area contributed by atoms with Crippen LogP contribution in [-0.2, 0) is 9.53 Å². The van der Waals surface area contributed by atoms with Gasteiger partial charge in [-0.2, -0.15) is 0 Å². The normalized spacial score (nSPS) is 15.1. The number of hydrogen-bond donors (Lipinski definition) is 1. The number of nitrogens with one attached hydrogen (secondary N) is 1. The zero-order valence-corrected chi connectivity index (χ0v) is 21.7. The fourth-order valence-electron chi connectivity index (χ4n) is 4.58. The first-order valence-electron chi connectivity index (χ1n) is 13.0. The minimum Gasteiger partial charge on any atom is -0.459 e. The van der Waals surface area contributed by atoms with E-state index in [1.165, 1.54) is 16.7 Å². The molecule has 1 fully saturated rings. The van der Waals surface area contributed by atoms with Gasteiger partial charge in [-0.1, -0.05) is 56.3 Å². The number of nitrogens with zero attached hydrogens (tertiary/aromatic N) is 3. The van der Waals surface area contributed by atoms with E-state index in [0.717, 1.165) is 29.8 Å². The molecular weight excluding hydrogens is 480 g/mol.